The van der Waals surface area contributed by atoms with E-state index in [1.807, 2.05) is 59.5 Å². The molecule has 0 unspecified atom stereocenters. The summed E-state index contributed by atoms with van der Waals surface area (Å²) in [5, 5.41) is 0.741. The molecule has 3 nitrogen and oxygen atoms in total. The molecule has 0 aliphatic rings. The van der Waals surface area contributed by atoms with Crippen LogP contribution in [0.15, 0.2) is 77.8 Å². The third-order valence-corrected chi connectivity index (χ3v) is 5.79. The maximum Gasteiger partial charge on any atom is 0.233 e. The Morgan fingerprint density at radius 1 is 1.07 bits per heavy atom. The number of carbonyl (C=O) groups is 1. The van der Waals surface area contributed by atoms with Crippen LogP contribution in [0.4, 0.5) is 0 Å². The lowest BCUT2D eigenvalue weighted by Gasteiger charge is -2.25. The highest BCUT2D eigenvalue weighted by molar-refractivity contribution is 8.00. The number of aromatic nitrogens is 1. The molecule has 1 aromatic heterocycles. The summed E-state index contributed by atoms with van der Waals surface area (Å²) >= 11 is 7.72. The van der Waals surface area contributed by atoms with Crippen molar-refractivity contribution in [2.45, 2.75) is 31.8 Å². The second kappa shape index (κ2) is 10.6. The summed E-state index contributed by atoms with van der Waals surface area (Å²) in [7, 11) is 0. The fourth-order valence-corrected chi connectivity index (χ4v) is 4.26. The van der Waals surface area contributed by atoms with Gasteiger partial charge in [-0.3, -0.25) is 4.79 Å². The van der Waals surface area contributed by atoms with Gasteiger partial charge < -0.3 is 9.47 Å². The average Bonchev–Trinajstić information content (AvgIpc) is 3.12. The first-order valence-corrected chi connectivity index (χ1v) is 11.2. The van der Waals surface area contributed by atoms with Crippen molar-refractivity contribution in [2.24, 2.45) is 5.92 Å². The minimum atomic E-state index is 0.169. The number of carbonyl (C=O) groups excluding carboxylic acids is 1. The van der Waals surface area contributed by atoms with Crippen LogP contribution in [0.5, 0.6) is 0 Å². The summed E-state index contributed by atoms with van der Waals surface area (Å²) in [5.41, 5.74) is 2.28. The summed E-state index contributed by atoms with van der Waals surface area (Å²) in [5.74, 6) is 1.03. The van der Waals surface area contributed by atoms with Crippen molar-refractivity contribution in [3.8, 4) is 0 Å². The molecule has 1 amide bonds. The van der Waals surface area contributed by atoms with Crippen LogP contribution in [-0.2, 0) is 17.9 Å². The number of nitrogens with zero attached hydrogens (tertiary/aromatic N) is 2. The molecule has 1 heterocycles. The minimum Gasteiger partial charge on any atom is -0.345 e. The molecule has 0 aliphatic heterocycles. The van der Waals surface area contributed by atoms with Crippen molar-refractivity contribution in [2.75, 3.05) is 12.3 Å². The molecule has 0 radical (unpaired) electrons. The van der Waals surface area contributed by atoms with E-state index in [0.717, 1.165) is 34.3 Å². The van der Waals surface area contributed by atoms with Gasteiger partial charge in [-0.05, 0) is 47.9 Å². The zero-order valence-electron chi connectivity index (χ0n) is 16.9. The molecule has 2 aromatic carbocycles. The first kappa shape index (κ1) is 21.5. The lowest BCUT2D eigenvalue weighted by molar-refractivity contribution is -0.129. The second-order valence-electron chi connectivity index (χ2n) is 7.53. The quantitative estimate of drug-likeness (QED) is 0.394. The number of rotatable bonds is 9. The van der Waals surface area contributed by atoms with E-state index in [9.17, 15) is 4.79 Å². The first-order valence-electron chi connectivity index (χ1n) is 9.85. The zero-order chi connectivity index (χ0) is 20.6. The number of amides is 1. The van der Waals surface area contributed by atoms with Gasteiger partial charge in [0.25, 0.3) is 0 Å². The van der Waals surface area contributed by atoms with Gasteiger partial charge in [-0.1, -0.05) is 55.8 Å². The molecule has 3 rings (SSSR count). The lowest BCUT2D eigenvalue weighted by Crippen LogP contribution is -2.35. The zero-order valence-corrected chi connectivity index (χ0v) is 18.5. The Morgan fingerprint density at radius 3 is 2.59 bits per heavy atom. The third kappa shape index (κ3) is 6.69. The topological polar surface area (TPSA) is 25.2 Å². The van der Waals surface area contributed by atoms with Crippen molar-refractivity contribution in [3.05, 3.63) is 89.2 Å². The van der Waals surface area contributed by atoms with Crippen molar-refractivity contribution >= 4 is 29.3 Å². The van der Waals surface area contributed by atoms with Crippen LogP contribution in [0.2, 0.25) is 5.02 Å². The summed E-state index contributed by atoms with van der Waals surface area (Å²) < 4.78 is 2.19. The van der Waals surface area contributed by atoms with Crippen LogP contribution in [0.25, 0.3) is 0 Å². The highest BCUT2D eigenvalue weighted by atomic mass is 35.5. The van der Waals surface area contributed by atoms with Crippen LogP contribution in [0, 0.1) is 5.92 Å². The number of benzene rings is 2. The average molecular weight is 427 g/mol. The molecule has 0 atom stereocenters. The van der Waals surface area contributed by atoms with Crippen LogP contribution in [0.3, 0.4) is 0 Å². The number of halogens is 1. The second-order valence-corrected chi connectivity index (χ2v) is 9.01. The van der Waals surface area contributed by atoms with E-state index in [-0.39, 0.29) is 5.91 Å². The monoisotopic (exact) mass is 426 g/mol. The fourth-order valence-electron chi connectivity index (χ4n) is 3.22. The Balaban J connectivity index is 1.68. The van der Waals surface area contributed by atoms with Gasteiger partial charge in [-0.15, -0.1) is 11.8 Å². The Hall–Kier alpha value is -2.17. The van der Waals surface area contributed by atoms with E-state index in [2.05, 4.69) is 36.7 Å². The predicted molar refractivity (Wildman–Crippen MR) is 122 cm³/mol. The molecule has 29 heavy (non-hydrogen) atoms. The standard InChI is InChI=1S/C24H27ClN2OS/c1-19(2)15-27(24(28)18-29-23-11-4-3-5-12-23)17-22-10-7-13-26(22)16-20-8-6-9-21(25)14-20/h3-14,19H,15-18H2,1-2H3. The Bertz CT molecular complexity index is 923. The maximum atomic E-state index is 13.0. The molecule has 5 heteroatoms. The van der Waals surface area contributed by atoms with Crippen molar-refractivity contribution in [1.82, 2.24) is 9.47 Å². The van der Waals surface area contributed by atoms with Crippen molar-refractivity contribution in [3.63, 3.8) is 0 Å². The lowest BCUT2D eigenvalue weighted by atomic mass is 10.2. The minimum absolute atomic E-state index is 0.169. The molecule has 0 N–H and O–H groups in total. The number of thioether (sulfide) groups is 1. The van der Waals surface area contributed by atoms with Crippen molar-refractivity contribution < 1.29 is 4.79 Å². The summed E-state index contributed by atoms with van der Waals surface area (Å²) in [6.07, 6.45) is 2.06. The van der Waals surface area contributed by atoms with Gasteiger partial charge >= 0.3 is 0 Å². The smallest absolute Gasteiger partial charge is 0.233 e. The first-order chi connectivity index (χ1) is 14.0. The van der Waals surface area contributed by atoms with Gasteiger partial charge in [0, 0.05) is 34.9 Å². The predicted octanol–water partition coefficient (Wildman–Crippen LogP) is 5.97. The van der Waals surface area contributed by atoms with E-state index >= 15 is 0 Å². The number of hydrogen-bond acceptors (Lipinski definition) is 2. The third-order valence-electron chi connectivity index (χ3n) is 4.56. The van der Waals surface area contributed by atoms with E-state index < -0.39 is 0 Å². The summed E-state index contributed by atoms with van der Waals surface area (Å²) in [6, 6.07) is 22.1. The molecule has 0 saturated carbocycles. The van der Waals surface area contributed by atoms with Gasteiger partial charge in [0.15, 0.2) is 0 Å². The van der Waals surface area contributed by atoms with Crippen LogP contribution >= 0.6 is 23.4 Å². The van der Waals surface area contributed by atoms with Gasteiger partial charge in [0.2, 0.25) is 5.91 Å². The molecule has 0 saturated heterocycles. The molecular formula is C24H27ClN2OS. The molecule has 0 aliphatic carbocycles. The van der Waals surface area contributed by atoms with Crippen LogP contribution < -0.4 is 0 Å². The Kier molecular flexibility index (Phi) is 7.84. The molecular weight excluding hydrogens is 400 g/mol. The highest BCUT2D eigenvalue weighted by Crippen LogP contribution is 2.19. The largest absolute Gasteiger partial charge is 0.345 e. The molecule has 0 fully saturated rings. The molecule has 0 bridgehead atoms. The summed E-state index contributed by atoms with van der Waals surface area (Å²) in [6.45, 7) is 6.40. The van der Waals surface area contributed by atoms with Crippen LogP contribution in [-0.4, -0.2) is 27.7 Å². The Morgan fingerprint density at radius 2 is 1.86 bits per heavy atom. The molecule has 152 valence electrons. The Labute approximate surface area is 182 Å². The molecule has 3 aromatic rings. The van der Waals surface area contributed by atoms with Gasteiger partial charge in [-0.25, -0.2) is 0 Å². The van der Waals surface area contributed by atoms with Crippen molar-refractivity contribution in [1.29, 1.82) is 0 Å². The van der Waals surface area contributed by atoms with E-state index in [0.29, 0.717) is 18.2 Å². The van der Waals surface area contributed by atoms with Gasteiger partial charge in [-0.2, -0.15) is 0 Å². The van der Waals surface area contributed by atoms with Gasteiger partial charge in [0.05, 0.1) is 12.3 Å². The summed E-state index contributed by atoms with van der Waals surface area (Å²) in [4.78, 5) is 16.1. The number of hydrogen-bond donors (Lipinski definition) is 0. The SMILES string of the molecule is CC(C)CN(Cc1cccn1Cc1cccc(Cl)c1)C(=O)CSc1ccccc1. The molecule has 0 spiro atoms. The van der Waals surface area contributed by atoms with Crippen LogP contribution in [0.1, 0.15) is 25.1 Å². The van der Waals surface area contributed by atoms with E-state index in [1.165, 1.54) is 0 Å². The fraction of sp³-hybridized carbons (Fsp3) is 0.292. The van der Waals surface area contributed by atoms with E-state index in [4.69, 9.17) is 11.6 Å². The maximum absolute atomic E-state index is 13.0. The normalized spacial score (nSPS) is 11.0. The van der Waals surface area contributed by atoms with E-state index in [1.54, 1.807) is 11.8 Å². The highest BCUT2D eigenvalue weighted by Gasteiger charge is 2.17. The van der Waals surface area contributed by atoms with Gasteiger partial charge in [0.1, 0.15) is 0 Å².